The summed E-state index contributed by atoms with van der Waals surface area (Å²) in [6, 6.07) is 0. The predicted molar refractivity (Wildman–Crippen MR) is 78.6 cm³/mol. The van der Waals surface area contributed by atoms with Gasteiger partial charge in [0.05, 0.1) is 5.41 Å². The third-order valence-electron chi connectivity index (χ3n) is 5.45. The normalized spacial score (nSPS) is 38.6. The van der Waals surface area contributed by atoms with Crippen LogP contribution in [0.3, 0.4) is 0 Å². The minimum Gasteiger partial charge on any atom is -0.355 e. The van der Waals surface area contributed by atoms with Crippen molar-refractivity contribution in [2.75, 3.05) is 13.1 Å². The molecule has 0 atom stereocenters. The Labute approximate surface area is 117 Å². The Morgan fingerprint density at radius 1 is 1.21 bits per heavy atom. The molecule has 0 unspecified atom stereocenters. The molecule has 0 aromatic carbocycles. The van der Waals surface area contributed by atoms with Crippen LogP contribution in [0.2, 0.25) is 0 Å². The maximum absolute atomic E-state index is 12.3. The zero-order valence-corrected chi connectivity index (χ0v) is 12.6. The van der Waals surface area contributed by atoms with Crippen LogP contribution in [0, 0.1) is 23.2 Å². The Hall–Kier alpha value is -0.570. The van der Waals surface area contributed by atoms with Gasteiger partial charge < -0.3 is 11.1 Å². The minimum absolute atomic E-state index is 0.214. The highest BCUT2D eigenvalue weighted by molar-refractivity contribution is 5.83. The van der Waals surface area contributed by atoms with E-state index >= 15 is 0 Å². The lowest BCUT2D eigenvalue weighted by Gasteiger charge is -2.44. The fourth-order valence-electron chi connectivity index (χ4n) is 3.99. The number of hydrogen-bond donors (Lipinski definition) is 2. The molecule has 2 fully saturated rings. The van der Waals surface area contributed by atoms with E-state index in [1.54, 1.807) is 0 Å². The van der Waals surface area contributed by atoms with Crippen LogP contribution in [0.5, 0.6) is 0 Å². The Morgan fingerprint density at radius 2 is 1.79 bits per heavy atom. The van der Waals surface area contributed by atoms with Crippen molar-refractivity contribution in [1.82, 2.24) is 5.32 Å². The van der Waals surface area contributed by atoms with Gasteiger partial charge in [-0.1, -0.05) is 33.1 Å². The van der Waals surface area contributed by atoms with Crippen LogP contribution < -0.4 is 11.1 Å². The molecule has 110 valence electrons. The molecule has 2 aliphatic rings. The van der Waals surface area contributed by atoms with Crippen molar-refractivity contribution in [1.29, 1.82) is 0 Å². The summed E-state index contributed by atoms with van der Waals surface area (Å²) in [6.45, 7) is 5.86. The van der Waals surface area contributed by atoms with Crippen molar-refractivity contribution in [2.45, 2.75) is 58.8 Å². The van der Waals surface area contributed by atoms with E-state index in [0.29, 0.717) is 18.4 Å². The molecule has 2 rings (SSSR count). The van der Waals surface area contributed by atoms with E-state index in [4.69, 9.17) is 5.73 Å². The van der Waals surface area contributed by atoms with E-state index in [9.17, 15) is 4.79 Å². The Balaban J connectivity index is 1.72. The summed E-state index contributed by atoms with van der Waals surface area (Å²) in [7, 11) is 0. The lowest BCUT2D eigenvalue weighted by atomic mass is 9.62. The van der Waals surface area contributed by atoms with Gasteiger partial charge in [-0.15, -0.1) is 0 Å². The first kappa shape index (κ1) is 14.8. The zero-order chi connectivity index (χ0) is 13.9. The average Bonchev–Trinajstić information content (AvgIpc) is 2.41. The van der Waals surface area contributed by atoms with E-state index in [-0.39, 0.29) is 11.3 Å². The lowest BCUT2D eigenvalue weighted by Crippen LogP contribution is -2.54. The van der Waals surface area contributed by atoms with E-state index in [2.05, 4.69) is 19.2 Å². The molecule has 0 aromatic heterocycles. The van der Waals surface area contributed by atoms with Crippen LogP contribution in [0.4, 0.5) is 0 Å². The quantitative estimate of drug-likeness (QED) is 0.804. The topological polar surface area (TPSA) is 55.1 Å². The maximum atomic E-state index is 12.3. The van der Waals surface area contributed by atoms with Crippen LogP contribution in [-0.4, -0.2) is 19.0 Å². The van der Waals surface area contributed by atoms with Crippen molar-refractivity contribution in [2.24, 2.45) is 28.9 Å². The summed E-state index contributed by atoms with van der Waals surface area (Å²) in [5, 5.41) is 3.18. The van der Waals surface area contributed by atoms with Crippen LogP contribution in [0.25, 0.3) is 0 Å². The number of hydrogen-bond acceptors (Lipinski definition) is 2. The van der Waals surface area contributed by atoms with Gasteiger partial charge in [0.2, 0.25) is 5.91 Å². The van der Waals surface area contributed by atoms with Gasteiger partial charge in [-0.05, 0) is 43.4 Å². The van der Waals surface area contributed by atoms with Crippen LogP contribution in [-0.2, 0) is 4.79 Å². The second-order valence-electron chi connectivity index (χ2n) is 7.00. The SMILES string of the molecule is CCC1CCC(CNC(=O)C2(CN)CC(C)C2)CC1. The molecule has 3 N–H and O–H groups in total. The van der Waals surface area contributed by atoms with Gasteiger partial charge in [0.15, 0.2) is 0 Å². The van der Waals surface area contributed by atoms with Gasteiger partial charge in [0.1, 0.15) is 0 Å². The average molecular weight is 266 g/mol. The first-order valence-electron chi connectivity index (χ1n) is 8.08. The number of amides is 1. The largest absolute Gasteiger partial charge is 0.355 e. The highest BCUT2D eigenvalue weighted by Gasteiger charge is 2.47. The Morgan fingerprint density at radius 3 is 2.26 bits per heavy atom. The summed E-state index contributed by atoms with van der Waals surface area (Å²) in [5.74, 6) is 2.49. The van der Waals surface area contributed by atoms with Gasteiger partial charge >= 0.3 is 0 Å². The highest BCUT2D eigenvalue weighted by atomic mass is 16.2. The standard InChI is InChI=1S/C16H30N2O/c1-3-13-4-6-14(7-5-13)10-18-15(19)16(11-17)8-12(2)9-16/h12-14H,3-11,17H2,1-2H3,(H,18,19). The Kier molecular flexibility index (Phi) is 4.88. The molecule has 0 aliphatic heterocycles. The smallest absolute Gasteiger partial charge is 0.227 e. The molecule has 1 amide bonds. The first-order valence-corrected chi connectivity index (χ1v) is 8.08. The molecule has 2 aliphatic carbocycles. The van der Waals surface area contributed by atoms with Crippen LogP contribution in [0.15, 0.2) is 0 Å². The van der Waals surface area contributed by atoms with Gasteiger partial charge in [-0.2, -0.15) is 0 Å². The van der Waals surface area contributed by atoms with Crippen molar-refractivity contribution in [3.05, 3.63) is 0 Å². The van der Waals surface area contributed by atoms with E-state index < -0.39 is 0 Å². The van der Waals surface area contributed by atoms with E-state index in [1.807, 2.05) is 0 Å². The molecule has 0 saturated heterocycles. The molecule has 3 heteroatoms. The van der Waals surface area contributed by atoms with Crippen molar-refractivity contribution < 1.29 is 4.79 Å². The van der Waals surface area contributed by atoms with Crippen molar-refractivity contribution in [3.8, 4) is 0 Å². The van der Waals surface area contributed by atoms with E-state index in [1.165, 1.54) is 32.1 Å². The molecular formula is C16H30N2O. The molecule has 0 heterocycles. The second kappa shape index (κ2) is 6.25. The number of nitrogens with one attached hydrogen (secondary N) is 1. The monoisotopic (exact) mass is 266 g/mol. The predicted octanol–water partition coefficient (Wildman–Crippen LogP) is 2.69. The van der Waals surface area contributed by atoms with Gasteiger partial charge in [0.25, 0.3) is 0 Å². The van der Waals surface area contributed by atoms with Gasteiger partial charge in [-0.25, -0.2) is 0 Å². The Bertz CT molecular complexity index is 302. The number of carbonyl (C=O) groups is 1. The molecular weight excluding hydrogens is 236 g/mol. The van der Waals surface area contributed by atoms with E-state index in [0.717, 1.165) is 25.3 Å². The number of nitrogens with two attached hydrogens (primary N) is 1. The van der Waals surface area contributed by atoms with Crippen molar-refractivity contribution in [3.63, 3.8) is 0 Å². The molecule has 3 nitrogen and oxygen atoms in total. The molecule has 2 saturated carbocycles. The summed E-state index contributed by atoms with van der Waals surface area (Å²) >= 11 is 0. The fourth-order valence-corrected chi connectivity index (χ4v) is 3.99. The maximum Gasteiger partial charge on any atom is 0.227 e. The summed E-state index contributed by atoms with van der Waals surface area (Å²) in [4.78, 5) is 12.3. The first-order chi connectivity index (χ1) is 9.09. The third kappa shape index (κ3) is 3.31. The minimum atomic E-state index is -0.236. The van der Waals surface area contributed by atoms with Gasteiger partial charge in [-0.3, -0.25) is 4.79 Å². The van der Waals surface area contributed by atoms with Crippen molar-refractivity contribution >= 4 is 5.91 Å². The second-order valence-corrected chi connectivity index (χ2v) is 7.00. The number of rotatable bonds is 5. The fraction of sp³-hybridized carbons (Fsp3) is 0.938. The van der Waals surface area contributed by atoms with Crippen LogP contribution in [0.1, 0.15) is 58.8 Å². The van der Waals surface area contributed by atoms with Gasteiger partial charge in [0, 0.05) is 13.1 Å². The lowest BCUT2D eigenvalue weighted by molar-refractivity contribution is -0.138. The molecule has 0 aromatic rings. The zero-order valence-electron chi connectivity index (χ0n) is 12.6. The molecule has 19 heavy (non-hydrogen) atoms. The van der Waals surface area contributed by atoms with Crippen LogP contribution >= 0.6 is 0 Å². The molecule has 0 radical (unpaired) electrons. The molecule has 0 bridgehead atoms. The third-order valence-corrected chi connectivity index (χ3v) is 5.45. The summed E-state index contributed by atoms with van der Waals surface area (Å²) in [5.41, 5.74) is 5.58. The molecule has 0 spiro atoms. The highest BCUT2D eigenvalue weighted by Crippen LogP contribution is 2.44. The summed E-state index contributed by atoms with van der Waals surface area (Å²) < 4.78 is 0. The number of carbonyl (C=O) groups excluding carboxylic acids is 1. The summed E-state index contributed by atoms with van der Waals surface area (Å²) in [6.07, 6.45) is 8.50.